The van der Waals surface area contributed by atoms with E-state index in [9.17, 15) is 18.0 Å². The molecule has 7 heteroatoms. The van der Waals surface area contributed by atoms with Crippen LogP contribution in [0.4, 0.5) is 13.2 Å². The van der Waals surface area contributed by atoms with E-state index in [-0.39, 0.29) is 11.3 Å². The number of benzene rings is 1. The van der Waals surface area contributed by atoms with Crippen molar-refractivity contribution in [1.82, 2.24) is 4.98 Å². The molecule has 1 aromatic heterocycles. The molecule has 4 nitrogen and oxygen atoms in total. The standard InChI is InChI=1S/C12H8F3NO3/c1-18-12(17)9-8(16-11(19-9)10(14)15)6-2-4-7(13)5-3-6/h2-5,10H,1H3. The summed E-state index contributed by atoms with van der Waals surface area (Å²) in [6.07, 6.45) is -2.96. The highest BCUT2D eigenvalue weighted by Crippen LogP contribution is 2.29. The normalized spacial score (nSPS) is 10.8. The number of carbonyl (C=O) groups excluding carboxylic acids is 1. The number of halogens is 3. The predicted molar refractivity (Wildman–Crippen MR) is 58.2 cm³/mol. The molecule has 0 atom stereocenters. The number of ether oxygens (including phenoxy) is 1. The molecular weight excluding hydrogens is 263 g/mol. The van der Waals surface area contributed by atoms with Crippen molar-refractivity contribution in [3.63, 3.8) is 0 Å². The molecule has 1 aromatic carbocycles. The Morgan fingerprint density at radius 2 is 1.95 bits per heavy atom. The summed E-state index contributed by atoms with van der Waals surface area (Å²) in [6, 6.07) is 4.84. The van der Waals surface area contributed by atoms with E-state index in [0.29, 0.717) is 0 Å². The van der Waals surface area contributed by atoms with Gasteiger partial charge in [0.1, 0.15) is 11.5 Å². The van der Waals surface area contributed by atoms with E-state index in [1.54, 1.807) is 0 Å². The number of hydrogen-bond acceptors (Lipinski definition) is 4. The molecule has 100 valence electrons. The maximum Gasteiger partial charge on any atom is 0.376 e. The van der Waals surface area contributed by atoms with Gasteiger partial charge in [-0.3, -0.25) is 0 Å². The van der Waals surface area contributed by atoms with Crippen molar-refractivity contribution in [3.8, 4) is 11.3 Å². The second-order valence-corrected chi connectivity index (χ2v) is 3.53. The Morgan fingerprint density at radius 3 is 2.47 bits per heavy atom. The van der Waals surface area contributed by atoms with E-state index in [2.05, 4.69) is 14.1 Å². The fraction of sp³-hybridized carbons (Fsp3) is 0.167. The van der Waals surface area contributed by atoms with Crippen molar-refractivity contribution in [1.29, 1.82) is 0 Å². The first kappa shape index (κ1) is 13.1. The fourth-order valence-electron chi connectivity index (χ4n) is 1.46. The van der Waals surface area contributed by atoms with Crippen molar-refractivity contribution in [2.75, 3.05) is 7.11 Å². The summed E-state index contributed by atoms with van der Waals surface area (Å²) in [4.78, 5) is 15.0. The lowest BCUT2D eigenvalue weighted by atomic mass is 10.1. The summed E-state index contributed by atoms with van der Waals surface area (Å²) in [5, 5.41) is 0. The van der Waals surface area contributed by atoms with Gasteiger partial charge in [0, 0.05) is 5.56 Å². The molecule has 19 heavy (non-hydrogen) atoms. The number of alkyl halides is 2. The Kier molecular flexibility index (Phi) is 3.55. The van der Waals surface area contributed by atoms with Crippen molar-refractivity contribution >= 4 is 5.97 Å². The zero-order chi connectivity index (χ0) is 14.0. The molecular formula is C12H8F3NO3. The van der Waals surface area contributed by atoms with Gasteiger partial charge in [0.25, 0.3) is 5.89 Å². The van der Waals surface area contributed by atoms with E-state index in [1.165, 1.54) is 12.1 Å². The van der Waals surface area contributed by atoms with Crippen molar-refractivity contribution in [3.05, 3.63) is 41.7 Å². The van der Waals surface area contributed by atoms with E-state index in [0.717, 1.165) is 19.2 Å². The number of carbonyl (C=O) groups is 1. The molecule has 0 spiro atoms. The first-order chi connectivity index (χ1) is 9.02. The third kappa shape index (κ3) is 2.59. The molecule has 0 N–H and O–H groups in total. The molecule has 1 heterocycles. The van der Waals surface area contributed by atoms with Gasteiger partial charge in [0.15, 0.2) is 0 Å². The van der Waals surface area contributed by atoms with Crippen LogP contribution < -0.4 is 0 Å². The Bertz CT molecular complexity index is 593. The quantitative estimate of drug-likeness (QED) is 0.804. The topological polar surface area (TPSA) is 52.3 Å². The molecule has 0 unspecified atom stereocenters. The van der Waals surface area contributed by atoms with Gasteiger partial charge in [-0.2, -0.15) is 8.78 Å². The SMILES string of the molecule is COC(=O)c1oc(C(F)F)nc1-c1ccc(F)cc1. The van der Waals surface area contributed by atoms with Gasteiger partial charge in [-0.1, -0.05) is 0 Å². The number of nitrogens with zero attached hydrogens (tertiary/aromatic N) is 1. The van der Waals surface area contributed by atoms with Crippen LogP contribution in [0.1, 0.15) is 22.9 Å². The highest BCUT2D eigenvalue weighted by Gasteiger charge is 2.26. The van der Waals surface area contributed by atoms with Crippen LogP contribution in [0.5, 0.6) is 0 Å². The maximum absolute atomic E-state index is 12.8. The van der Waals surface area contributed by atoms with Crippen molar-refractivity contribution in [2.45, 2.75) is 6.43 Å². The molecule has 0 amide bonds. The van der Waals surface area contributed by atoms with E-state index in [1.807, 2.05) is 0 Å². The third-order valence-electron chi connectivity index (χ3n) is 2.32. The highest BCUT2D eigenvalue weighted by molar-refractivity contribution is 5.93. The Morgan fingerprint density at radius 1 is 1.32 bits per heavy atom. The van der Waals surface area contributed by atoms with Crippen LogP contribution in [0.2, 0.25) is 0 Å². The molecule has 0 saturated heterocycles. The lowest BCUT2D eigenvalue weighted by Gasteiger charge is -1.99. The van der Waals surface area contributed by atoms with Crippen LogP contribution in [0.15, 0.2) is 28.7 Å². The molecule has 0 bridgehead atoms. The van der Waals surface area contributed by atoms with Crippen LogP contribution >= 0.6 is 0 Å². The fourth-order valence-corrected chi connectivity index (χ4v) is 1.46. The number of methoxy groups -OCH3 is 1. The van der Waals surface area contributed by atoms with Gasteiger partial charge in [0.2, 0.25) is 5.76 Å². The summed E-state index contributed by atoms with van der Waals surface area (Å²) in [5.41, 5.74) is 0.166. The summed E-state index contributed by atoms with van der Waals surface area (Å²) < 4.78 is 47.0. The van der Waals surface area contributed by atoms with Gasteiger partial charge in [-0.15, -0.1) is 0 Å². The van der Waals surface area contributed by atoms with Crippen LogP contribution in [0.25, 0.3) is 11.3 Å². The van der Waals surface area contributed by atoms with Crippen LogP contribution in [0, 0.1) is 5.82 Å². The summed E-state index contributed by atoms with van der Waals surface area (Å²) in [5.74, 6) is -2.76. The van der Waals surface area contributed by atoms with Crippen LogP contribution in [0.3, 0.4) is 0 Å². The molecule has 0 fully saturated rings. The van der Waals surface area contributed by atoms with Crippen molar-refractivity contribution in [2.24, 2.45) is 0 Å². The average Bonchev–Trinajstić information content (AvgIpc) is 2.84. The second-order valence-electron chi connectivity index (χ2n) is 3.53. The van der Waals surface area contributed by atoms with Gasteiger partial charge in [-0.05, 0) is 24.3 Å². The molecule has 0 aliphatic carbocycles. The lowest BCUT2D eigenvalue weighted by molar-refractivity contribution is 0.0549. The minimum absolute atomic E-state index is 0.109. The Labute approximate surface area is 105 Å². The van der Waals surface area contributed by atoms with E-state index in [4.69, 9.17) is 0 Å². The summed E-state index contributed by atoms with van der Waals surface area (Å²) in [7, 11) is 1.08. The van der Waals surface area contributed by atoms with Crippen LogP contribution in [-0.4, -0.2) is 18.1 Å². The van der Waals surface area contributed by atoms with Gasteiger partial charge >= 0.3 is 12.4 Å². The molecule has 0 aliphatic heterocycles. The van der Waals surface area contributed by atoms with E-state index >= 15 is 0 Å². The van der Waals surface area contributed by atoms with Gasteiger partial charge in [0.05, 0.1) is 7.11 Å². The molecule has 0 radical (unpaired) electrons. The Hall–Kier alpha value is -2.31. The summed E-state index contributed by atoms with van der Waals surface area (Å²) >= 11 is 0. The smallest absolute Gasteiger partial charge is 0.376 e. The number of rotatable bonds is 3. The zero-order valence-corrected chi connectivity index (χ0v) is 9.69. The monoisotopic (exact) mass is 271 g/mol. The van der Waals surface area contributed by atoms with Crippen molar-refractivity contribution < 1.29 is 27.1 Å². The number of hydrogen-bond donors (Lipinski definition) is 0. The minimum atomic E-state index is -2.96. The molecule has 2 rings (SSSR count). The number of aromatic nitrogens is 1. The first-order valence-electron chi connectivity index (χ1n) is 5.16. The zero-order valence-electron chi connectivity index (χ0n) is 9.69. The molecule has 0 saturated carbocycles. The molecule has 2 aromatic rings. The third-order valence-corrected chi connectivity index (χ3v) is 2.32. The van der Waals surface area contributed by atoms with Gasteiger partial charge < -0.3 is 9.15 Å². The predicted octanol–water partition coefficient (Wildman–Crippen LogP) is 3.20. The Balaban J connectivity index is 2.54. The number of oxazole rings is 1. The highest BCUT2D eigenvalue weighted by atomic mass is 19.3. The number of esters is 1. The lowest BCUT2D eigenvalue weighted by Crippen LogP contribution is -2.01. The average molecular weight is 271 g/mol. The maximum atomic E-state index is 12.8. The van der Waals surface area contributed by atoms with Gasteiger partial charge in [-0.25, -0.2) is 14.2 Å². The largest absolute Gasteiger partial charge is 0.463 e. The first-order valence-corrected chi connectivity index (χ1v) is 5.16. The van der Waals surface area contributed by atoms with Crippen LogP contribution in [-0.2, 0) is 4.74 Å². The van der Waals surface area contributed by atoms with E-state index < -0.39 is 29.9 Å². The minimum Gasteiger partial charge on any atom is -0.463 e. The second kappa shape index (κ2) is 5.13. The summed E-state index contributed by atoms with van der Waals surface area (Å²) in [6.45, 7) is 0. The molecule has 0 aliphatic rings.